The highest BCUT2D eigenvalue weighted by atomic mass is 19.1. The van der Waals surface area contributed by atoms with Crippen LogP contribution in [0.25, 0.3) is 0 Å². The molecular weight excluding hydrogens is 203 g/mol. The summed E-state index contributed by atoms with van der Waals surface area (Å²) in [7, 11) is 2.04. The molecule has 0 bridgehead atoms. The van der Waals surface area contributed by atoms with E-state index in [1.807, 2.05) is 7.05 Å². The second-order valence-corrected chi connectivity index (χ2v) is 4.74. The lowest BCUT2D eigenvalue weighted by molar-refractivity contribution is 0.200. The first kappa shape index (κ1) is 13.0. The first-order valence-electron chi connectivity index (χ1n) is 5.66. The summed E-state index contributed by atoms with van der Waals surface area (Å²) in [6, 6.07) is 4.98. The molecule has 16 heavy (non-hydrogen) atoms. The van der Waals surface area contributed by atoms with Crippen molar-refractivity contribution in [2.75, 3.05) is 12.8 Å². The molecule has 0 amide bonds. The van der Waals surface area contributed by atoms with Gasteiger partial charge in [-0.15, -0.1) is 0 Å². The number of nitrogens with two attached hydrogens (primary N) is 1. The third-order valence-electron chi connectivity index (χ3n) is 3.18. The second kappa shape index (κ2) is 5.30. The first-order chi connectivity index (χ1) is 7.41. The molecule has 1 atom stereocenters. The monoisotopic (exact) mass is 224 g/mol. The van der Waals surface area contributed by atoms with Crippen LogP contribution in [-0.2, 0) is 6.54 Å². The highest BCUT2D eigenvalue weighted by Gasteiger charge is 2.14. The number of rotatable bonds is 4. The maximum Gasteiger partial charge on any atom is 0.123 e. The summed E-state index contributed by atoms with van der Waals surface area (Å²) in [4.78, 5) is 2.19. The molecule has 0 aliphatic rings. The smallest absolute Gasteiger partial charge is 0.123 e. The third kappa shape index (κ3) is 3.20. The van der Waals surface area contributed by atoms with Gasteiger partial charge in [-0.25, -0.2) is 4.39 Å². The zero-order valence-electron chi connectivity index (χ0n) is 10.5. The summed E-state index contributed by atoms with van der Waals surface area (Å²) in [5.74, 6) is 0.342. The zero-order valence-corrected chi connectivity index (χ0v) is 10.5. The zero-order chi connectivity index (χ0) is 12.3. The number of nitrogen functional groups attached to an aromatic ring is 1. The van der Waals surface area contributed by atoms with Crippen LogP contribution in [0.4, 0.5) is 10.1 Å². The molecule has 0 spiro atoms. The summed E-state index contributed by atoms with van der Waals surface area (Å²) in [6.07, 6.45) is 0. The van der Waals surface area contributed by atoms with Gasteiger partial charge in [0.1, 0.15) is 5.82 Å². The Hall–Kier alpha value is -1.09. The van der Waals surface area contributed by atoms with Crippen molar-refractivity contribution in [2.45, 2.75) is 33.4 Å². The van der Waals surface area contributed by atoms with E-state index in [0.29, 0.717) is 24.2 Å². The van der Waals surface area contributed by atoms with Crippen LogP contribution in [0.1, 0.15) is 26.3 Å². The van der Waals surface area contributed by atoms with Gasteiger partial charge < -0.3 is 5.73 Å². The van der Waals surface area contributed by atoms with Gasteiger partial charge in [-0.05, 0) is 43.7 Å². The van der Waals surface area contributed by atoms with Crippen LogP contribution >= 0.6 is 0 Å². The van der Waals surface area contributed by atoms with Gasteiger partial charge in [-0.2, -0.15) is 0 Å². The lowest BCUT2D eigenvalue weighted by Gasteiger charge is -2.28. The largest absolute Gasteiger partial charge is 0.398 e. The van der Waals surface area contributed by atoms with E-state index in [9.17, 15) is 4.39 Å². The molecule has 2 nitrogen and oxygen atoms in total. The summed E-state index contributed by atoms with van der Waals surface area (Å²) < 4.78 is 13.1. The molecule has 1 aromatic rings. The average molecular weight is 224 g/mol. The summed E-state index contributed by atoms with van der Waals surface area (Å²) in [5.41, 5.74) is 7.33. The fourth-order valence-corrected chi connectivity index (χ4v) is 1.63. The van der Waals surface area contributed by atoms with Crippen LogP contribution in [0.15, 0.2) is 18.2 Å². The molecule has 0 radical (unpaired) electrons. The predicted octanol–water partition coefficient (Wildman–Crippen LogP) is 2.88. The molecule has 1 rings (SSSR count). The van der Waals surface area contributed by atoms with E-state index < -0.39 is 0 Å². The number of nitrogens with zero attached hydrogens (tertiary/aromatic N) is 1. The van der Waals surface area contributed by atoms with Crippen molar-refractivity contribution in [3.8, 4) is 0 Å². The lowest BCUT2D eigenvalue weighted by Crippen LogP contribution is -2.32. The van der Waals surface area contributed by atoms with Crippen LogP contribution in [0.3, 0.4) is 0 Å². The van der Waals surface area contributed by atoms with Gasteiger partial charge in [0.2, 0.25) is 0 Å². The van der Waals surface area contributed by atoms with E-state index in [1.54, 1.807) is 6.07 Å². The van der Waals surface area contributed by atoms with E-state index >= 15 is 0 Å². The molecule has 0 aliphatic heterocycles. The Morgan fingerprint density at radius 2 is 1.94 bits per heavy atom. The number of benzene rings is 1. The molecule has 0 aromatic heterocycles. The molecule has 0 saturated carbocycles. The van der Waals surface area contributed by atoms with Crippen molar-refractivity contribution in [3.63, 3.8) is 0 Å². The van der Waals surface area contributed by atoms with Gasteiger partial charge in [-0.1, -0.05) is 13.8 Å². The molecule has 1 aromatic carbocycles. The van der Waals surface area contributed by atoms with Crippen molar-refractivity contribution in [1.82, 2.24) is 4.90 Å². The van der Waals surface area contributed by atoms with Crippen LogP contribution in [0.2, 0.25) is 0 Å². The highest BCUT2D eigenvalue weighted by Crippen LogP contribution is 2.18. The normalized spacial score (nSPS) is 13.4. The minimum absolute atomic E-state index is 0.227. The Bertz CT molecular complexity index is 350. The van der Waals surface area contributed by atoms with E-state index in [4.69, 9.17) is 5.73 Å². The maximum atomic E-state index is 13.1. The minimum Gasteiger partial charge on any atom is -0.398 e. The molecule has 0 heterocycles. The molecule has 0 aliphatic carbocycles. The standard InChI is InChI=1S/C13H21FN2/c1-9(2)10(3)16(4)8-11-7-12(14)5-6-13(11)15/h5-7,9-10H,8,15H2,1-4H3. The van der Waals surface area contributed by atoms with Gasteiger partial charge in [-0.3, -0.25) is 4.90 Å². The molecule has 1 unspecified atom stereocenters. The number of hydrogen-bond acceptors (Lipinski definition) is 2. The number of halogens is 1. The molecule has 0 saturated heterocycles. The third-order valence-corrected chi connectivity index (χ3v) is 3.18. The van der Waals surface area contributed by atoms with Crippen LogP contribution in [0, 0.1) is 11.7 Å². The van der Waals surface area contributed by atoms with Gasteiger partial charge in [0.15, 0.2) is 0 Å². The van der Waals surface area contributed by atoms with Gasteiger partial charge in [0, 0.05) is 18.3 Å². The first-order valence-corrected chi connectivity index (χ1v) is 5.66. The second-order valence-electron chi connectivity index (χ2n) is 4.74. The van der Waals surface area contributed by atoms with Gasteiger partial charge in [0.05, 0.1) is 0 Å². The Labute approximate surface area is 97.3 Å². The molecule has 2 N–H and O–H groups in total. The Morgan fingerprint density at radius 3 is 2.50 bits per heavy atom. The maximum absolute atomic E-state index is 13.1. The Morgan fingerprint density at radius 1 is 1.31 bits per heavy atom. The lowest BCUT2D eigenvalue weighted by atomic mass is 10.0. The van der Waals surface area contributed by atoms with Crippen LogP contribution in [0.5, 0.6) is 0 Å². The summed E-state index contributed by atoms with van der Waals surface area (Å²) in [6.45, 7) is 7.20. The molecular formula is C13H21FN2. The number of anilines is 1. The van der Waals surface area contributed by atoms with E-state index in [-0.39, 0.29) is 5.82 Å². The molecule has 3 heteroatoms. The molecule has 90 valence electrons. The Kier molecular flexibility index (Phi) is 4.30. The van der Waals surface area contributed by atoms with Crippen molar-refractivity contribution < 1.29 is 4.39 Å². The molecule has 0 fully saturated rings. The van der Waals surface area contributed by atoms with Crippen molar-refractivity contribution in [1.29, 1.82) is 0 Å². The Balaban J connectivity index is 2.76. The van der Waals surface area contributed by atoms with E-state index in [1.165, 1.54) is 12.1 Å². The quantitative estimate of drug-likeness (QED) is 0.797. The van der Waals surface area contributed by atoms with Crippen LogP contribution < -0.4 is 5.73 Å². The summed E-state index contributed by atoms with van der Waals surface area (Å²) >= 11 is 0. The van der Waals surface area contributed by atoms with E-state index in [0.717, 1.165) is 5.56 Å². The number of hydrogen-bond donors (Lipinski definition) is 1. The van der Waals surface area contributed by atoms with Gasteiger partial charge >= 0.3 is 0 Å². The van der Waals surface area contributed by atoms with Crippen molar-refractivity contribution >= 4 is 5.69 Å². The predicted molar refractivity (Wildman–Crippen MR) is 66.6 cm³/mol. The van der Waals surface area contributed by atoms with Gasteiger partial charge in [0.25, 0.3) is 0 Å². The van der Waals surface area contributed by atoms with E-state index in [2.05, 4.69) is 25.7 Å². The fourth-order valence-electron chi connectivity index (χ4n) is 1.63. The van der Waals surface area contributed by atoms with Crippen molar-refractivity contribution in [2.24, 2.45) is 5.92 Å². The summed E-state index contributed by atoms with van der Waals surface area (Å²) in [5, 5.41) is 0. The topological polar surface area (TPSA) is 29.3 Å². The fraction of sp³-hybridized carbons (Fsp3) is 0.538. The SMILES string of the molecule is CC(C)C(C)N(C)Cc1cc(F)ccc1N. The van der Waals surface area contributed by atoms with Crippen LogP contribution in [-0.4, -0.2) is 18.0 Å². The highest BCUT2D eigenvalue weighted by molar-refractivity contribution is 5.46. The average Bonchev–Trinajstić information content (AvgIpc) is 2.22. The minimum atomic E-state index is -0.227. The van der Waals surface area contributed by atoms with Crippen molar-refractivity contribution in [3.05, 3.63) is 29.6 Å².